The second-order valence-corrected chi connectivity index (χ2v) is 7.61. The van der Waals surface area contributed by atoms with Crippen LogP contribution >= 0.6 is 0 Å². The number of rotatable bonds is 4. The number of hydrogen-bond donors (Lipinski definition) is 1. The summed E-state index contributed by atoms with van der Waals surface area (Å²) < 4.78 is 27.4. The number of amides is 1. The largest absolute Gasteiger partial charge is 0.268 e. The molecule has 1 heterocycles. The van der Waals surface area contributed by atoms with Gasteiger partial charge in [0, 0.05) is 6.20 Å². The third-order valence-corrected chi connectivity index (χ3v) is 5.62. The number of benzene rings is 1. The molecule has 1 N–H and O–H groups in total. The number of aromatic nitrogens is 2. The molecular weight excluding hydrogens is 338 g/mol. The van der Waals surface area contributed by atoms with Crippen molar-refractivity contribution in [1.82, 2.24) is 14.7 Å². The summed E-state index contributed by atoms with van der Waals surface area (Å²) in [4.78, 5) is 20.9. The monoisotopic (exact) mass is 357 g/mol. The van der Waals surface area contributed by atoms with Gasteiger partial charge in [-0.1, -0.05) is 31.2 Å². The minimum atomic E-state index is -3.90. The molecule has 0 saturated heterocycles. The lowest BCUT2D eigenvalue weighted by molar-refractivity contribution is 0.0980. The van der Waals surface area contributed by atoms with Crippen LogP contribution in [-0.4, -0.2) is 24.3 Å². The maximum atomic E-state index is 12.6. The molecule has 0 saturated carbocycles. The van der Waals surface area contributed by atoms with Gasteiger partial charge in [0.1, 0.15) is 5.82 Å². The van der Waals surface area contributed by atoms with Crippen molar-refractivity contribution >= 4 is 22.0 Å². The SMILES string of the molecule is CCc1nc(C)ncc1C(=O)NS(=O)(=O)C1=Cc2ccccc2CC1. The number of carbonyl (C=O) groups excluding carboxylic acids is 1. The van der Waals surface area contributed by atoms with E-state index in [0.717, 1.165) is 11.1 Å². The summed E-state index contributed by atoms with van der Waals surface area (Å²) in [5.74, 6) is -0.153. The summed E-state index contributed by atoms with van der Waals surface area (Å²) in [5.41, 5.74) is 2.69. The Kier molecular flexibility index (Phi) is 4.67. The zero-order chi connectivity index (χ0) is 18.0. The van der Waals surface area contributed by atoms with Crippen LogP contribution in [0.15, 0.2) is 35.4 Å². The molecular formula is C18H19N3O3S. The maximum Gasteiger partial charge on any atom is 0.268 e. The van der Waals surface area contributed by atoms with E-state index in [1.807, 2.05) is 31.2 Å². The summed E-state index contributed by atoms with van der Waals surface area (Å²) in [6.07, 6.45) is 4.51. The summed E-state index contributed by atoms with van der Waals surface area (Å²) in [5, 5.41) is 0. The Morgan fingerprint density at radius 3 is 2.76 bits per heavy atom. The van der Waals surface area contributed by atoms with Crippen molar-refractivity contribution in [1.29, 1.82) is 0 Å². The predicted molar refractivity (Wildman–Crippen MR) is 95.3 cm³/mol. The second-order valence-electron chi connectivity index (χ2n) is 5.88. The van der Waals surface area contributed by atoms with Crippen LogP contribution in [0.5, 0.6) is 0 Å². The second kappa shape index (κ2) is 6.76. The quantitative estimate of drug-likeness (QED) is 0.907. The lowest BCUT2D eigenvalue weighted by Gasteiger charge is -2.17. The zero-order valence-electron chi connectivity index (χ0n) is 14.1. The molecule has 2 aromatic rings. The summed E-state index contributed by atoms with van der Waals surface area (Å²) in [7, 11) is -3.90. The molecule has 3 rings (SSSR count). The molecule has 0 spiro atoms. The molecule has 7 heteroatoms. The number of sulfonamides is 1. The zero-order valence-corrected chi connectivity index (χ0v) is 14.9. The van der Waals surface area contributed by atoms with E-state index in [-0.39, 0.29) is 10.5 Å². The first-order valence-electron chi connectivity index (χ1n) is 8.09. The molecule has 0 unspecified atom stereocenters. The van der Waals surface area contributed by atoms with Crippen LogP contribution in [0.3, 0.4) is 0 Å². The van der Waals surface area contributed by atoms with E-state index in [4.69, 9.17) is 0 Å². The molecule has 1 aromatic heterocycles. The summed E-state index contributed by atoms with van der Waals surface area (Å²) in [6, 6.07) is 7.64. The number of aryl methyl sites for hydroxylation is 3. The molecule has 1 amide bonds. The van der Waals surface area contributed by atoms with Crippen molar-refractivity contribution in [2.45, 2.75) is 33.1 Å². The van der Waals surface area contributed by atoms with Crippen LogP contribution < -0.4 is 4.72 Å². The Morgan fingerprint density at radius 1 is 1.24 bits per heavy atom. The number of fused-ring (bicyclic) bond motifs is 1. The van der Waals surface area contributed by atoms with Gasteiger partial charge in [-0.15, -0.1) is 0 Å². The summed E-state index contributed by atoms with van der Waals surface area (Å²) >= 11 is 0. The lowest BCUT2D eigenvalue weighted by Crippen LogP contribution is -2.33. The van der Waals surface area contributed by atoms with Gasteiger partial charge in [-0.3, -0.25) is 4.79 Å². The lowest BCUT2D eigenvalue weighted by atomic mass is 9.98. The molecule has 0 bridgehead atoms. The van der Waals surface area contributed by atoms with Crippen LogP contribution in [0.1, 0.15) is 46.3 Å². The molecule has 6 nitrogen and oxygen atoms in total. The van der Waals surface area contributed by atoms with Crippen molar-refractivity contribution in [2.75, 3.05) is 0 Å². The van der Waals surface area contributed by atoms with Gasteiger partial charge < -0.3 is 0 Å². The molecule has 0 radical (unpaired) electrons. The minimum Gasteiger partial charge on any atom is -0.268 e. The van der Waals surface area contributed by atoms with Crippen molar-refractivity contribution in [2.24, 2.45) is 0 Å². The Morgan fingerprint density at radius 2 is 2.00 bits per heavy atom. The Balaban J connectivity index is 1.88. The van der Waals surface area contributed by atoms with Crippen LogP contribution in [-0.2, 0) is 22.9 Å². The molecule has 1 aliphatic carbocycles. The van der Waals surface area contributed by atoms with Gasteiger partial charge in [-0.25, -0.2) is 23.1 Å². The number of hydrogen-bond acceptors (Lipinski definition) is 5. The standard InChI is InChI=1S/C18H19N3O3S/c1-3-17-16(11-19-12(2)20-17)18(22)21-25(23,24)15-9-8-13-6-4-5-7-14(13)10-15/h4-7,10-11H,3,8-9H2,1-2H3,(H,21,22). The Labute approximate surface area is 147 Å². The molecule has 0 aliphatic heterocycles. The van der Waals surface area contributed by atoms with Gasteiger partial charge in [0.2, 0.25) is 0 Å². The first-order chi connectivity index (χ1) is 11.9. The van der Waals surface area contributed by atoms with Crippen molar-refractivity contribution in [3.63, 3.8) is 0 Å². The van der Waals surface area contributed by atoms with E-state index in [0.29, 0.717) is 30.8 Å². The predicted octanol–water partition coefficient (Wildman–Crippen LogP) is 2.39. The number of allylic oxidation sites excluding steroid dienone is 1. The normalized spacial score (nSPS) is 13.8. The molecule has 25 heavy (non-hydrogen) atoms. The van der Waals surface area contributed by atoms with Crippen LogP contribution in [0.25, 0.3) is 6.08 Å². The molecule has 1 aliphatic rings. The highest BCUT2D eigenvalue weighted by molar-refractivity contribution is 7.94. The maximum absolute atomic E-state index is 12.6. The van der Waals surface area contributed by atoms with E-state index in [2.05, 4.69) is 14.7 Å². The third-order valence-electron chi connectivity index (χ3n) is 4.15. The molecule has 130 valence electrons. The van der Waals surface area contributed by atoms with Crippen LogP contribution in [0, 0.1) is 6.92 Å². The Hall–Kier alpha value is -2.54. The molecule has 0 atom stereocenters. The fraction of sp³-hybridized carbons (Fsp3) is 0.278. The van der Waals surface area contributed by atoms with Crippen LogP contribution in [0.4, 0.5) is 0 Å². The average molecular weight is 357 g/mol. The number of nitrogens with zero attached hydrogens (tertiary/aromatic N) is 2. The van der Waals surface area contributed by atoms with Gasteiger partial charge >= 0.3 is 0 Å². The Bertz CT molecular complexity index is 965. The van der Waals surface area contributed by atoms with Gasteiger partial charge in [0.25, 0.3) is 15.9 Å². The van der Waals surface area contributed by atoms with E-state index in [1.165, 1.54) is 6.20 Å². The van der Waals surface area contributed by atoms with Crippen molar-refractivity contribution in [3.8, 4) is 0 Å². The average Bonchev–Trinajstić information content (AvgIpc) is 2.60. The smallest absolute Gasteiger partial charge is 0.268 e. The molecule has 1 aromatic carbocycles. The van der Waals surface area contributed by atoms with Gasteiger partial charge in [-0.2, -0.15) is 0 Å². The fourth-order valence-corrected chi connectivity index (χ4v) is 3.97. The van der Waals surface area contributed by atoms with E-state index in [1.54, 1.807) is 13.0 Å². The highest BCUT2D eigenvalue weighted by atomic mass is 32.2. The highest BCUT2D eigenvalue weighted by Gasteiger charge is 2.25. The van der Waals surface area contributed by atoms with Crippen molar-refractivity contribution < 1.29 is 13.2 Å². The summed E-state index contributed by atoms with van der Waals surface area (Å²) in [6.45, 7) is 3.58. The van der Waals surface area contributed by atoms with Crippen LogP contribution in [0.2, 0.25) is 0 Å². The number of carbonyl (C=O) groups is 1. The number of nitrogens with one attached hydrogen (secondary N) is 1. The van der Waals surface area contributed by atoms with E-state index in [9.17, 15) is 13.2 Å². The van der Waals surface area contributed by atoms with E-state index >= 15 is 0 Å². The van der Waals surface area contributed by atoms with E-state index < -0.39 is 15.9 Å². The highest BCUT2D eigenvalue weighted by Crippen LogP contribution is 2.26. The first kappa shape index (κ1) is 17.3. The van der Waals surface area contributed by atoms with Gasteiger partial charge in [-0.05, 0) is 43.4 Å². The fourth-order valence-electron chi connectivity index (χ4n) is 2.84. The van der Waals surface area contributed by atoms with Gasteiger partial charge in [0.05, 0.1) is 16.2 Å². The molecule has 0 fully saturated rings. The third kappa shape index (κ3) is 3.61. The minimum absolute atomic E-state index is 0.188. The topological polar surface area (TPSA) is 89.0 Å². The first-order valence-corrected chi connectivity index (χ1v) is 9.57. The van der Waals surface area contributed by atoms with Gasteiger partial charge in [0.15, 0.2) is 0 Å². The van der Waals surface area contributed by atoms with Crippen molar-refractivity contribution in [3.05, 3.63) is 63.6 Å².